The quantitative estimate of drug-likeness (QED) is 0.789. The molecule has 16 heavy (non-hydrogen) atoms. The molecule has 0 N–H and O–H groups in total. The molecule has 4 heteroatoms. The van der Waals surface area contributed by atoms with E-state index in [2.05, 4.69) is 0 Å². The van der Waals surface area contributed by atoms with Crippen LogP contribution in [0.15, 0.2) is 12.1 Å². The molecule has 0 unspecified atom stereocenters. The summed E-state index contributed by atoms with van der Waals surface area (Å²) in [5.74, 6) is -1.38. The average Bonchev–Trinajstić information content (AvgIpc) is 2.22. The van der Waals surface area contributed by atoms with Gasteiger partial charge in [-0.25, -0.2) is 8.78 Å². The Labute approximate surface area is 94.1 Å². The summed E-state index contributed by atoms with van der Waals surface area (Å²) in [5.41, 5.74) is -0.0601. The fourth-order valence-corrected chi connectivity index (χ4v) is 1.69. The minimum Gasteiger partial charge on any atom is -0.365 e. The number of hydrogen-bond acceptors (Lipinski definition) is 2. The minimum atomic E-state index is -0.688. The van der Waals surface area contributed by atoms with Crippen molar-refractivity contribution in [3.8, 4) is 6.07 Å². The van der Waals surface area contributed by atoms with Gasteiger partial charge in [-0.1, -0.05) is 0 Å². The standard InChI is InChI=1S/C12H14F2N2/c1-4-16(8(2)3)12-10(13)5-9(7-15)6-11(12)14/h5-6,8H,4H2,1-3H3. The molecule has 0 atom stereocenters. The van der Waals surface area contributed by atoms with E-state index in [1.165, 1.54) is 0 Å². The predicted octanol–water partition coefficient (Wildman–Crippen LogP) is 3.07. The van der Waals surface area contributed by atoms with Crippen molar-refractivity contribution in [1.82, 2.24) is 0 Å². The second-order valence-electron chi connectivity index (χ2n) is 3.78. The lowest BCUT2D eigenvalue weighted by Crippen LogP contribution is -2.32. The molecule has 86 valence electrons. The van der Waals surface area contributed by atoms with Crippen LogP contribution in [-0.2, 0) is 0 Å². The molecule has 0 amide bonds. The summed E-state index contributed by atoms with van der Waals surface area (Å²) >= 11 is 0. The zero-order valence-electron chi connectivity index (χ0n) is 9.59. The van der Waals surface area contributed by atoms with E-state index >= 15 is 0 Å². The molecule has 0 saturated carbocycles. The van der Waals surface area contributed by atoms with Gasteiger partial charge in [-0.3, -0.25) is 0 Å². The van der Waals surface area contributed by atoms with Crippen LogP contribution in [0.4, 0.5) is 14.5 Å². The van der Waals surface area contributed by atoms with Crippen LogP contribution < -0.4 is 4.90 Å². The summed E-state index contributed by atoms with van der Waals surface area (Å²) in [6.45, 7) is 6.07. The Kier molecular flexibility index (Phi) is 3.83. The highest BCUT2D eigenvalue weighted by molar-refractivity contribution is 5.53. The van der Waals surface area contributed by atoms with E-state index in [1.807, 2.05) is 20.8 Å². The fraction of sp³-hybridized carbons (Fsp3) is 0.417. The van der Waals surface area contributed by atoms with E-state index in [-0.39, 0.29) is 17.3 Å². The smallest absolute Gasteiger partial charge is 0.150 e. The number of hydrogen-bond donors (Lipinski definition) is 0. The Morgan fingerprint density at radius 2 is 1.81 bits per heavy atom. The van der Waals surface area contributed by atoms with Crippen molar-refractivity contribution in [2.24, 2.45) is 0 Å². The van der Waals surface area contributed by atoms with Crippen molar-refractivity contribution >= 4 is 5.69 Å². The zero-order valence-corrected chi connectivity index (χ0v) is 9.59. The van der Waals surface area contributed by atoms with Gasteiger partial charge in [-0.05, 0) is 32.9 Å². The fourth-order valence-electron chi connectivity index (χ4n) is 1.69. The van der Waals surface area contributed by atoms with Crippen LogP contribution in [0, 0.1) is 23.0 Å². The van der Waals surface area contributed by atoms with Gasteiger partial charge in [0.2, 0.25) is 0 Å². The molecule has 0 saturated heterocycles. The summed E-state index contributed by atoms with van der Waals surface area (Å²) in [6.07, 6.45) is 0. The zero-order chi connectivity index (χ0) is 12.3. The largest absolute Gasteiger partial charge is 0.365 e. The molecular weight excluding hydrogens is 210 g/mol. The second kappa shape index (κ2) is 4.93. The third-order valence-electron chi connectivity index (χ3n) is 2.40. The summed E-state index contributed by atoms with van der Waals surface area (Å²) < 4.78 is 27.3. The third kappa shape index (κ3) is 2.30. The van der Waals surface area contributed by atoms with E-state index in [0.717, 1.165) is 12.1 Å². The van der Waals surface area contributed by atoms with Gasteiger partial charge in [0, 0.05) is 12.6 Å². The lowest BCUT2D eigenvalue weighted by Gasteiger charge is -2.28. The molecule has 0 fully saturated rings. The Morgan fingerprint density at radius 1 is 1.31 bits per heavy atom. The van der Waals surface area contributed by atoms with Gasteiger partial charge in [0.15, 0.2) is 11.6 Å². The number of rotatable bonds is 3. The highest BCUT2D eigenvalue weighted by atomic mass is 19.1. The van der Waals surface area contributed by atoms with Crippen molar-refractivity contribution in [2.75, 3.05) is 11.4 Å². The summed E-state index contributed by atoms with van der Waals surface area (Å²) in [7, 11) is 0. The highest BCUT2D eigenvalue weighted by Crippen LogP contribution is 2.26. The van der Waals surface area contributed by atoms with Gasteiger partial charge >= 0.3 is 0 Å². The third-order valence-corrected chi connectivity index (χ3v) is 2.40. The van der Waals surface area contributed by atoms with Crippen LogP contribution in [0.5, 0.6) is 0 Å². The Bertz CT molecular complexity index is 399. The molecular formula is C12H14F2N2. The normalized spacial score (nSPS) is 10.3. The molecule has 0 aliphatic rings. The van der Waals surface area contributed by atoms with Crippen LogP contribution in [-0.4, -0.2) is 12.6 Å². The molecule has 0 aromatic heterocycles. The molecule has 1 rings (SSSR count). The number of halogens is 2. The van der Waals surface area contributed by atoms with E-state index in [9.17, 15) is 8.78 Å². The molecule has 0 bridgehead atoms. The minimum absolute atomic E-state index is 0.00133. The Hall–Kier alpha value is -1.63. The predicted molar refractivity (Wildman–Crippen MR) is 59.2 cm³/mol. The molecule has 0 aliphatic carbocycles. The van der Waals surface area contributed by atoms with E-state index in [0.29, 0.717) is 6.54 Å². The summed E-state index contributed by atoms with van der Waals surface area (Å²) in [4.78, 5) is 1.62. The lowest BCUT2D eigenvalue weighted by molar-refractivity contribution is 0.558. The van der Waals surface area contributed by atoms with Crippen molar-refractivity contribution < 1.29 is 8.78 Å². The molecule has 1 aromatic carbocycles. The van der Waals surface area contributed by atoms with Gasteiger partial charge in [-0.2, -0.15) is 5.26 Å². The van der Waals surface area contributed by atoms with E-state index in [4.69, 9.17) is 5.26 Å². The first kappa shape index (κ1) is 12.4. The van der Waals surface area contributed by atoms with Crippen molar-refractivity contribution in [3.05, 3.63) is 29.3 Å². The van der Waals surface area contributed by atoms with Crippen LogP contribution in [0.2, 0.25) is 0 Å². The topological polar surface area (TPSA) is 27.0 Å². The molecule has 0 aliphatic heterocycles. The molecule has 0 radical (unpaired) electrons. The van der Waals surface area contributed by atoms with Crippen molar-refractivity contribution in [2.45, 2.75) is 26.8 Å². The number of benzene rings is 1. The van der Waals surface area contributed by atoms with E-state index in [1.54, 1.807) is 11.0 Å². The van der Waals surface area contributed by atoms with Gasteiger partial charge in [0.25, 0.3) is 0 Å². The van der Waals surface area contributed by atoms with Crippen LogP contribution in [0.25, 0.3) is 0 Å². The Morgan fingerprint density at radius 3 is 2.12 bits per heavy atom. The van der Waals surface area contributed by atoms with Crippen LogP contribution in [0.3, 0.4) is 0 Å². The molecule has 0 spiro atoms. The van der Waals surface area contributed by atoms with Gasteiger partial charge in [0.05, 0.1) is 11.6 Å². The SMILES string of the molecule is CCN(c1c(F)cc(C#N)cc1F)C(C)C. The first-order chi connectivity index (χ1) is 7.51. The first-order valence-electron chi connectivity index (χ1n) is 5.17. The maximum Gasteiger partial charge on any atom is 0.150 e. The highest BCUT2D eigenvalue weighted by Gasteiger charge is 2.18. The van der Waals surface area contributed by atoms with Crippen molar-refractivity contribution in [3.63, 3.8) is 0 Å². The lowest BCUT2D eigenvalue weighted by atomic mass is 10.1. The van der Waals surface area contributed by atoms with Crippen LogP contribution in [0.1, 0.15) is 26.3 Å². The maximum absolute atomic E-state index is 13.7. The number of anilines is 1. The van der Waals surface area contributed by atoms with Crippen LogP contribution >= 0.6 is 0 Å². The number of nitrogens with zero attached hydrogens (tertiary/aromatic N) is 2. The van der Waals surface area contributed by atoms with Gasteiger partial charge < -0.3 is 4.90 Å². The van der Waals surface area contributed by atoms with Gasteiger partial charge in [-0.15, -0.1) is 0 Å². The second-order valence-corrected chi connectivity index (χ2v) is 3.78. The molecule has 1 aromatic rings. The van der Waals surface area contributed by atoms with E-state index < -0.39 is 11.6 Å². The monoisotopic (exact) mass is 224 g/mol. The van der Waals surface area contributed by atoms with Gasteiger partial charge in [0.1, 0.15) is 5.69 Å². The molecule has 0 heterocycles. The Balaban J connectivity index is 3.29. The average molecular weight is 224 g/mol. The summed E-state index contributed by atoms with van der Waals surface area (Å²) in [6, 6.07) is 3.84. The maximum atomic E-state index is 13.7. The van der Waals surface area contributed by atoms with Crippen molar-refractivity contribution in [1.29, 1.82) is 5.26 Å². The molecule has 2 nitrogen and oxygen atoms in total. The number of nitriles is 1. The first-order valence-corrected chi connectivity index (χ1v) is 5.17. The summed E-state index contributed by atoms with van der Waals surface area (Å²) in [5, 5.41) is 8.59.